The summed E-state index contributed by atoms with van der Waals surface area (Å²) in [6.45, 7) is 3.59. The quantitative estimate of drug-likeness (QED) is 0.141. The molecule has 1 aromatic rings. The van der Waals surface area contributed by atoms with Crippen LogP contribution in [0.5, 0.6) is 0 Å². The SMILES string of the molecule is CC(=O)OC[C@@H](OC(C)=O)[C@H](OC(C)=O)[C@@H](/C=N\Nc1ccc([N+](=O)[O-])cc1[N+](=O)[O-])OC(C)=O. The molecule has 0 bridgehead atoms. The largest absolute Gasteiger partial charge is 0.462 e. The maximum Gasteiger partial charge on any atom is 0.303 e. The second-order valence-corrected chi connectivity index (χ2v) is 6.70. The van der Waals surface area contributed by atoms with Crippen LogP contribution in [0.1, 0.15) is 27.7 Å². The number of hydrogen-bond donors (Lipinski definition) is 1. The number of esters is 4. The maximum absolute atomic E-state index is 11.7. The second-order valence-electron chi connectivity index (χ2n) is 6.70. The highest BCUT2D eigenvalue weighted by Gasteiger charge is 2.37. The Labute approximate surface area is 197 Å². The van der Waals surface area contributed by atoms with E-state index < -0.39 is 70.0 Å². The van der Waals surface area contributed by atoms with E-state index in [2.05, 4.69) is 10.5 Å². The molecule has 0 heterocycles. The molecule has 0 fully saturated rings. The van der Waals surface area contributed by atoms with Crippen LogP contribution in [-0.2, 0) is 38.1 Å². The van der Waals surface area contributed by atoms with E-state index in [1.807, 2.05) is 0 Å². The number of rotatable bonds is 12. The van der Waals surface area contributed by atoms with Crippen LogP contribution < -0.4 is 5.43 Å². The van der Waals surface area contributed by atoms with Crippen LogP contribution >= 0.6 is 0 Å². The first-order valence-corrected chi connectivity index (χ1v) is 9.68. The lowest BCUT2D eigenvalue weighted by molar-refractivity contribution is -0.393. The number of nitrogens with zero attached hydrogens (tertiary/aromatic N) is 3. The highest BCUT2D eigenvalue weighted by Crippen LogP contribution is 2.29. The van der Waals surface area contributed by atoms with Gasteiger partial charge in [0, 0.05) is 33.8 Å². The molecule has 0 aromatic heterocycles. The summed E-state index contributed by atoms with van der Waals surface area (Å²) in [7, 11) is 0. The molecule has 0 amide bonds. The van der Waals surface area contributed by atoms with Crippen molar-refractivity contribution in [3.63, 3.8) is 0 Å². The molecule has 16 heteroatoms. The summed E-state index contributed by atoms with van der Waals surface area (Å²) in [6.07, 6.45) is -3.62. The molecule has 1 N–H and O–H groups in total. The molecular formula is C19H22N4O12. The van der Waals surface area contributed by atoms with Crippen molar-refractivity contribution in [2.75, 3.05) is 12.0 Å². The zero-order valence-corrected chi connectivity index (χ0v) is 19.0. The number of anilines is 1. The van der Waals surface area contributed by atoms with Crippen LogP contribution in [0.25, 0.3) is 0 Å². The molecule has 0 saturated carbocycles. The Balaban J connectivity index is 3.33. The molecule has 0 aliphatic heterocycles. The van der Waals surface area contributed by atoms with Crippen LogP contribution in [0.2, 0.25) is 0 Å². The highest BCUT2D eigenvalue weighted by molar-refractivity contribution is 5.75. The number of hydrazone groups is 1. The first-order valence-electron chi connectivity index (χ1n) is 9.68. The molecular weight excluding hydrogens is 476 g/mol. The van der Waals surface area contributed by atoms with Crippen LogP contribution in [0.4, 0.5) is 17.1 Å². The van der Waals surface area contributed by atoms with Crippen molar-refractivity contribution in [1.82, 2.24) is 0 Å². The zero-order valence-electron chi connectivity index (χ0n) is 19.0. The lowest BCUT2D eigenvalue weighted by atomic mass is 10.1. The number of carbonyl (C=O) groups is 4. The van der Waals surface area contributed by atoms with Crippen molar-refractivity contribution in [3.8, 4) is 0 Å². The third-order valence-electron chi connectivity index (χ3n) is 3.86. The Morgan fingerprint density at radius 3 is 2.03 bits per heavy atom. The average Bonchev–Trinajstić information content (AvgIpc) is 2.73. The number of benzene rings is 1. The molecule has 0 aliphatic carbocycles. The van der Waals surface area contributed by atoms with Gasteiger partial charge in [-0.05, 0) is 6.07 Å². The van der Waals surface area contributed by atoms with Crippen molar-refractivity contribution in [1.29, 1.82) is 0 Å². The lowest BCUT2D eigenvalue weighted by Gasteiger charge is -2.29. The fourth-order valence-corrected chi connectivity index (χ4v) is 2.59. The minimum absolute atomic E-state index is 0.251. The van der Waals surface area contributed by atoms with Crippen LogP contribution in [0, 0.1) is 20.2 Å². The third-order valence-corrected chi connectivity index (χ3v) is 3.86. The Hall–Kier alpha value is -4.63. The summed E-state index contributed by atoms with van der Waals surface area (Å²) < 4.78 is 20.1. The Kier molecular flexibility index (Phi) is 10.7. The Bertz CT molecular complexity index is 1030. The third kappa shape index (κ3) is 9.80. The smallest absolute Gasteiger partial charge is 0.303 e. The van der Waals surface area contributed by atoms with Gasteiger partial charge in [-0.2, -0.15) is 5.10 Å². The number of nitro benzene ring substituents is 2. The van der Waals surface area contributed by atoms with Crippen molar-refractivity contribution in [2.45, 2.75) is 46.0 Å². The van der Waals surface area contributed by atoms with E-state index in [9.17, 15) is 39.4 Å². The van der Waals surface area contributed by atoms with Gasteiger partial charge in [0.05, 0.1) is 22.1 Å². The fourth-order valence-electron chi connectivity index (χ4n) is 2.59. The van der Waals surface area contributed by atoms with Gasteiger partial charge in [0.2, 0.25) is 0 Å². The first kappa shape index (κ1) is 28.4. The number of hydrogen-bond acceptors (Lipinski definition) is 14. The monoisotopic (exact) mass is 498 g/mol. The van der Waals surface area contributed by atoms with Crippen molar-refractivity contribution in [3.05, 3.63) is 38.4 Å². The molecule has 0 unspecified atom stereocenters. The van der Waals surface area contributed by atoms with Crippen LogP contribution in [0.3, 0.4) is 0 Å². The van der Waals surface area contributed by atoms with E-state index in [4.69, 9.17) is 18.9 Å². The maximum atomic E-state index is 11.7. The number of nitrogens with one attached hydrogen (secondary N) is 1. The van der Waals surface area contributed by atoms with Crippen LogP contribution in [0.15, 0.2) is 23.3 Å². The highest BCUT2D eigenvalue weighted by atomic mass is 16.6. The van der Waals surface area contributed by atoms with Gasteiger partial charge in [0.25, 0.3) is 5.69 Å². The molecule has 3 atom stereocenters. The number of nitro groups is 2. The Morgan fingerprint density at radius 2 is 1.54 bits per heavy atom. The first-order chi connectivity index (χ1) is 16.3. The van der Waals surface area contributed by atoms with Gasteiger partial charge in [-0.3, -0.25) is 44.8 Å². The minimum Gasteiger partial charge on any atom is -0.462 e. The lowest BCUT2D eigenvalue weighted by Crippen LogP contribution is -2.48. The normalized spacial score (nSPS) is 13.1. The standard InChI is InChI=1S/C19H22N4O12/c1-10(24)32-9-18(34-12(3)26)19(35-13(4)27)17(33-11(2)25)8-20-21-15-6-5-14(22(28)29)7-16(15)23(30)31/h5-8,17-19,21H,9H2,1-4H3/b20-8-/t17-,18-,19-/m1/s1. The topological polar surface area (TPSA) is 216 Å². The van der Waals surface area contributed by atoms with E-state index in [0.717, 1.165) is 46.0 Å². The summed E-state index contributed by atoms with van der Waals surface area (Å²) in [5.74, 6) is -3.32. The summed E-state index contributed by atoms with van der Waals surface area (Å²) in [5, 5.41) is 25.9. The second kappa shape index (κ2) is 13.2. The van der Waals surface area contributed by atoms with Gasteiger partial charge in [-0.1, -0.05) is 0 Å². The number of non-ortho nitro benzene ring substituents is 1. The summed E-state index contributed by atoms with van der Waals surface area (Å²) in [5.41, 5.74) is 0.822. The van der Waals surface area contributed by atoms with Gasteiger partial charge in [-0.25, -0.2) is 0 Å². The van der Waals surface area contributed by atoms with Gasteiger partial charge < -0.3 is 18.9 Å². The van der Waals surface area contributed by atoms with E-state index >= 15 is 0 Å². The van der Waals surface area contributed by atoms with E-state index in [-0.39, 0.29) is 5.69 Å². The van der Waals surface area contributed by atoms with Crippen LogP contribution in [-0.4, -0.2) is 64.9 Å². The molecule has 1 aromatic carbocycles. The molecule has 16 nitrogen and oxygen atoms in total. The zero-order chi connectivity index (χ0) is 26.7. The average molecular weight is 498 g/mol. The predicted molar refractivity (Wildman–Crippen MR) is 115 cm³/mol. The van der Waals surface area contributed by atoms with Gasteiger partial charge in [0.15, 0.2) is 18.3 Å². The Morgan fingerprint density at radius 1 is 0.943 bits per heavy atom. The van der Waals surface area contributed by atoms with E-state index in [0.29, 0.717) is 6.07 Å². The molecule has 0 spiro atoms. The van der Waals surface area contributed by atoms with Crippen molar-refractivity contribution in [2.24, 2.45) is 5.10 Å². The predicted octanol–water partition coefficient (Wildman–Crippen LogP) is 1.26. The molecule has 0 radical (unpaired) electrons. The van der Waals surface area contributed by atoms with Gasteiger partial charge >= 0.3 is 29.6 Å². The van der Waals surface area contributed by atoms with Gasteiger partial charge in [0.1, 0.15) is 12.3 Å². The van der Waals surface area contributed by atoms with Crippen molar-refractivity contribution >= 4 is 47.2 Å². The summed E-state index contributed by atoms with van der Waals surface area (Å²) >= 11 is 0. The fraction of sp³-hybridized carbons (Fsp3) is 0.421. The minimum atomic E-state index is -1.54. The van der Waals surface area contributed by atoms with E-state index in [1.54, 1.807) is 0 Å². The molecule has 0 saturated heterocycles. The summed E-state index contributed by atoms with van der Waals surface area (Å²) in [4.78, 5) is 66.5. The molecule has 0 aliphatic rings. The summed E-state index contributed by atoms with van der Waals surface area (Å²) in [6, 6.07) is 2.73. The van der Waals surface area contributed by atoms with Gasteiger partial charge in [-0.15, -0.1) is 0 Å². The number of ether oxygens (including phenoxy) is 4. The molecule has 190 valence electrons. The van der Waals surface area contributed by atoms with E-state index in [1.165, 1.54) is 0 Å². The number of carbonyl (C=O) groups excluding carboxylic acids is 4. The molecule has 35 heavy (non-hydrogen) atoms. The molecule has 1 rings (SSSR count). The van der Waals surface area contributed by atoms with Crippen molar-refractivity contribution < 1.29 is 48.0 Å².